The van der Waals surface area contributed by atoms with Crippen LogP contribution >= 0.6 is 0 Å². The fraction of sp³-hybridized carbons (Fsp3) is 0.667. The minimum atomic E-state index is -0.375. The van der Waals surface area contributed by atoms with Gasteiger partial charge in [-0.3, -0.25) is 10.1 Å². The van der Waals surface area contributed by atoms with Crippen LogP contribution in [0.5, 0.6) is 0 Å². The molecule has 0 spiro atoms. The second kappa shape index (κ2) is 2.20. The molecule has 2 rings (SSSR count). The lowest BCUT2D eigenvalue weighted by Crippen LogP contribution is -2.57. The lowest BCUT2D eigenvalue weighted by atomic mass is 10.0. The maximum absolute atomic E-state index is 11.1. The van der Waals surface area contributed by atoms with Crippen LogP contribution in [0.2, 0.25) is 0 Å². The van der Waals surface area contributed by atoms with Crippen molar-refractivity contribution in [1.29, 1.82) is 0 Å². The average molecular weight is 155 g/mol. The predicted molar refractivity (Wildman–Crippen MR) is 36.8 cm³/mol. The molecular formula is C6H9N3O2. The van der Waals surface area contributed by atoms with Gasteiger partial charge in [-0.15, -0.1) is 0 Å². The van der Waals surface area contributed by atoms with Crippen molar-refractivity contribution >= 4 is 11.9 Å². The van der Waals surface area contributed by atoms with Gasteiger partial charge in [-0.1, -0.05) is 0 Å². The molecule has 3 N–H and O–H groups in total. The second-order valence-corrected chi connectivity index (χ2v) is 2.83. The first-order valence-electron chi connectivity index (χ1n) is 3.59. The highest BCUT2D eigenvalue weighted by Gasteiger charge is 2.38. The van der Waals surface area contributed by atoms with E-state index in [9.17, 15) is 9.59 Å². The van der Waals surface area contributed by atoms with Crippen LogP contribution in [0.25, 0.3) is 0 Å². The Morgan fingerprint density at radius 3 is 2.91 bits per heavy atom. The summed E-state index contributed by atoms with van der Waals surface area (Å²) in [6.45, 7) is 1.36. The van der Waals surface area contributed by atoms with Crippen LogP contribution in [0.3, 0.4) is 0 Å². The third-order valence-corrected chi connectivity index (χ3v) is 2.10. The number of fused-ring (bicyclic) bond motifs is 1. The van der Waals surface area contributed by atoms with Crippen LogP contribution in [0.1, 0.15) is 0 Å². The van der Waals surface area contributed by atoms with Crippen molar-refractivity contribution in [1.82, 2.24) is 16.0 Å². The number of rotatable bonds is 0. The molecule has 0 aliphatic carbocycles. The Bertz CT molecular complexity index is 216. The zero-order valence-corrected chi connectivity index (χ0v) is 5.89. The zero-order chi connectivity index (χ0) is 7.84. The van der Waals surface area contributed by atoms with Crippen LogP contribution in [0.15, 0.2) is 0 Å². The third-order valence-electron chi connectivity index (χ3n) is 2.10. The first kappa shape index (κ1) is 6.60. The number of hydrogen-bond donors (Lipinski definition) is 3. The van der Waals surface area contributed by atoms with E-state index in [2.05, 4.69) is 16.0 Å². The molecule has 3 amide bonds. The van der Waals surface area contributed by atoms with Gasteiger partial charge in [-0.25, -0.2) is 4.79 Å². The fourth-order valence-electron chi connectivity index (χ4n) is 1.51. The molecule has 2 aliphatic heterocycles. The Morgan fingerprint density at radius 1 is 1.27 bits per heavy atom. The lowest BCUT2D eigenvalue weighted by molar-refractivity contribution is -0.124. The predicted octanol–water partition coefficient (Wildman–Crippen LogP) is -1.59. The molecule has 0 aromatic carbocycles. The summed E-state index contributed by atoms with van der Waals surface area (Å²) in [5, 5.41) is 7.94. The summed E-state index contributed by atoms with van der Waals surface area (Å²) in [4.78, 5) is 21.8. The van der Waals surface area contributed by atoms with Gasteiger partial charge < -0.3 is 10.6 Å². The fourth-order valence-corrected chi connectivity index (χ4v) is 1.51. The number of nitrogens with one attached hydrogen (secondary N) is 3. The second-order valence-electron chi connectivity index (χ2n) is 2.83. The molecule has 0 aromatic heterocycles. The molecule has 0 unspecified atom stereocenters. The van der Waals surface area contributed by atoms with Gasteiger partial charge in [-0.05, 0) is 0 Å². The van der Waals surface area contributed by atoms with E-state index >= 15 is 0 Å². The molecule has 0 saturated carbocycles. The van der Waals surface area contributed by atoms with E-state index in [1.165, 1.54) is 0 Å². The van der Waals surface area contributed by atoms with E-state index in [-0.39, 0.29) is 23.9 Å². The Labute approximate surface area is 63.5 Å². The molecule has 2 aliphatic rings. The minimum Gasteiger partial charge on any atom is -0.333 e. The van der Waals surface area contributed by atoms with Crippen LogP contribution < -0.4 is 16.0 Å². The summed E-state index contributed by atoms with van der Waals surface area (Å²) in [6.07, 6.45) is 0. The van der Waals surface area contributed by atoms with E-state index in [0.717, 1.165) is 0 Å². The van der Waals surface area contributed by atoms with E-state index in [1.807, 2.05) is 0 Å². The van der Waals surface area contributed by atoms with Crippen molar-refractivity contribution in [2.24, 2.45) is 5.92 Å². The SMILES string of the molecule is O=C1NC(=O)[C@@H]2CNC[C@@H]2N1. The summed E-state index contributed by atoms with van der Waals surface area (Å²) in [7, 11) is 0. The van der Waals surface area contributed by atoms with Gasteiger partial charge >= 0.3 is 6.03 Å². The molecule has 2 fully saturated rings. The Hall–Kier alpha value is -1.10. The summed E-state index contributed by atoms with van der Waals surface area (Å²) in [6, 6.07) is -0.379. The van der Waals surface area contributed by atoms with Gasteiger partial charge in [0, 0.05) is 13.1 Å². The largest absolute Gasteiger partial charge is 0.333 e. The van der Waals surface area contributed by atoms with Crippen molar-refractivity contribution in [3.63, 3.8) is 0 Å². The Balaban J connectivity index is 2.16. The van der Waals surface area contributed by atoms with Gasteiger partial charge in [0.2, 0.25) is 5.91 Å². The molecule has 5 heteroatoms. The van der Waals surface area contributed by atoms with E-state index in [1.54, 1.807) is 0 Å². The molecule has 0 aromatic rings. The van der Waals surface area contributed by atoms with Crippen molar-refractivity contribution in [3.8, 4) is 0 Å². The number of amides is 3. The van der Waals surface area contributed by atoms with Crippen LogP contribution in [0.4, 0.5) is 4.79 Å². The summed E-state index contributed by atoms with van der Waals surface area (Å²) < 4.78 is 0. The van der Waals surface area contributed by atoms with E-state index < -0.39 is 0 Å². The van der Waals surface area contributed by atoms with Gasteiger partial charge in [0.1, 0.15) is 0 Å². The van der Waals surface area contributed by atoms with Crippen molar-refractivity contribution < 1.29 is 9.59 Å². The van der Waals surface area contributed by atoms with E-state index in [0.29, 0.717) is 13.1 Å². The van der Waals surface area contributed by atoms with Gasteiger partial charge in [0.25, 0.3) is 0 Å². The average Bonchev–Trinajstić information content (AvgIpc) is 2.34. The summed E-state index contributed by atoms with van der Waals surface area (Å²) in [5.74, 6) is -0.239. The molecule has 2 atom stereocenters. The minimum absolute atomic E-state index is 0.00347. The molecular weight excluding hydrogens is 146 g/mol. The highest BCUT2D eigenvalue weighted by molar-refractivity contribution is 5.98. The number of imide groups is 1. The number of carbonyl (C=O) groups excluding carboxylic acids is 2. The van der Waals surface area contributed by atoms with Gasteiger partial charge in [-0.2, -0.15) is 0 Å². The third kappa shape index (κ3) is 0.970. The highest BCUT2D eigenvalue weighted by Crippen LogP contribution is 2.11. The van der Waals surface area contributed by atoms with Crippen molar-refractivity contribution in [2.45, 2.75) is 6.04 Å². The van der Waals surface area contributed by atoms with Gasteiger partial charge in [0.05, 0.1) is 12.0 Å². The first-order valence-corrected chi connectivity index (χ1v) is 3.59. The number of carbonyl (C=O) groups is 2. The van der Waals surface area contributed by atoms with Crippen LogP contribution in [0, 0.1) is 5.92 Å². The number of urea groups is 1. The molecule has 11 heavy (non-hydrogen) atoms. The molecule has 0 bridgehead atoms. The Morgan fingerprint density at radius 2 is 2.09 bits per heavy atom. The molecule has 2 heterocycles. The van der Waals surface area contributed by atoms with E-state index in [4.69, 9.17) is 0 Å². The van der Waals surface area contributed by atoms with Gasteiger partial charge in [0.15, 0.2) is 0 Å². The molecule has 0 radical (unpaired) electrons. The maximum Gasteiger partial charge on any atom is 0.321 e. The molecule has 2 saturated heterocycles. The summed E-state index contributed by atoms with van der Waals surface area (Å²) >= 11 is 0. The van der Waals surface area contributed by atoms with Crippen LogP contribution in [-0.4, -0.2) is 31.1 Å². The Kier molecular flexibility index (Phi) is 1.32. The maximum atomic E-state index is 11.1. The first-order chi connectivity index (χ1) is 5.27. The van der Waals surface area contributed by atoms with Crippen molar-refractivity contribution in [3.05, 3.63) is 0 Å². The number of hydrogen-bond acceptors (Lipinski definition) is 3. The normalized spacial score (nSPS) is 36.0. The summed E-state index contributed by atoms with van der Waals surface area (Å²) in [5.41, 5.74) is 0. The quantitative estimate of drug-likeness (QED) is 0.395. The van der Waals surface area contributed by atoms with Crippen LogP contribution in [-0.2, 0) is 4.79 Å². The molecule has 60 valence electrons. The van der Waals surface area contributed by atoms with Crippen molar-refractivity contribution in [2.75, 3.05) is 13.1 Å². The monoisotopic (exact) mass is 155 g/mol. The smallest absolute Gasteiger partial charge is 0.321 e. The standard InChI is InChI=1S/C6H9N3O2/c10-5-3-1-7-2-4(3)8-6(11)9-5/h3-4,7H,1-2H2,(H2,8,9,10,11)/t3-,4+/m1/s1. The molecule has 5 nitrogen and oxygen atoms in total. The topological polar surface area (TPSA) is 70.2 Å². The zero-order valence-electron chi connectivity index (χ0n) is 5.89. The highest BCUT2D eigenvalue weighted by atomic mass is 16.2. The lowest BCUT2D eigenvalue weighted by Gasteiger charge is -2.24.